The van der Waals surface area contributed by atoms with Crippen molar-refractivity contribution in [3.63, 3.8) is 0 Å². The molecule has 6 nitrogen and oxygen atoms in total. The van der Waals surface area contributed by atoms with Crippen molar-refractivity contribution in [1.82, 2.24) is 0 Å². The first-order chi connectivity index (χ1) is 13.1. The Morgan fingerprint density at radius 2 is 1.61 bits per heavy atom. The van der Waals surface area contributed by atoms with Crippen LogP contribution in [0, 0.1) is 0 Å². The number of anilines is 3. The van der Waals surface area contributed by atoms with Gasteiger partial charge < -0.3 is 15.5 Å². The fourth-order valence-corrected chi connectivity index (χ4v) is 2.92. The standard InChI is InChI=1S/C22H27N3O3/c1-15(26)23-17-9-8-10-18(13-17)25(16(2)27)14-21(28)24-20-12-7-6-11-19(20)22(3,4)5/h6-13H,14H2,1-5H3,(H,23,26)(H,24,28). The van der Waals surface area contributed by atoms with Gasteiger partial charge in [0.2, 0.25) is 17.7 Å². The van der Waals surface area contributed by atoms with Crippen molar-refractivity contribution in [3.05, 3.63) is 54.1 Å². The quantitative estimate of drug-likeness (QED) is 0.823. The molecule has 0 heterocycles. The van der Waals surface area contributed by atoms with Crippen molar-refractivity contribution >= 4 is 34.8 Å². The third-order valence-electron chi connectivity index (χ3n) is 4.17. The smallest absolute Gasteiger partial charge is 0.244 e. The maximum Gasteiger partial charge on any atom is 0.244 e. The minimum atomic E-state index is -0.295. The van der Waals surface area contributed by atoms with Crippen LogP contribution in [-0.2, 0) is 19.8 Å². The summed E-state index contributed by atoms with van der Waals surface area (Å²) >= 11 is 0. The number of hydrogen-bond acceptors (Lipinski definition) is 3. The van der Waals surface area contributed by atoms with E-state index in [0.29, 0.717) is 11.4 Å². The Labute approximate surface area is 165 Å². The predicted octanol–water partition coefficient (Wildman–Crippen LogP) is 3.93. The van der Waals surface area contributed by atoms with Crippen molar-refractivity contribution < 1.29 is 14.4 Å². The van der Waals surface area contributed by atoms with Crippen molar-refractivity contribution in [3.8, 4) is 0 Å². The Bertz CT molecular complexity index is 885. The van der Waals surface area contributed by atoms with Crippen LogP contribution >= 0.6 is 0 Å². The van der Waals surface area contributed by atoms with Gasteiger partial charge in [-0.3, -0.25) is 14.4 Å². The highest BCUT2D eigenvalue weighted by molar-refractivity contribution is 6.02. The second-order valence-corrected chi connectivity index (χ2v) is 7.68. The molecule has 0 aliphatic carbocycles. The summed E-state index contributed by atoms with van der Waals surface area (Å²) in [5, 5.41) is 5.60. The van der Waals surface area contributed by atoms with Gasteiger partial charge in [0, 0.05) is 30.9 Å². The molecule has 0 aliphatic heterocycles. The van der Waals surface area contributed by atoms with Crippen LogP contribution in [0.4, 0.5) is 17.1 Å². The summed E-state index contributed by atoms with van der Waals surface area (Å²) in [5.74, 6) is -0.765. The second kappa shape index (κ2) is 8.69. The minimum absolute atomic E-state index is 0.128. The van der Waals surface area contributed by atoms with Crippen LogP contribution in [0.1, 0.15) is 40.2 Å². The normalized spacial score (nSPS) is 10.9. The first-order valence-corrected chi connectivity index (χ1v) is 9.13. The van der Waals surface area contributed by atoms with E-state index < -0.39 is 0 Å². The lowest BCUT2D eigenvalue weighted by atomic mass is 9.86. The Balaban J connectivity index is 2.21. The lowest BCUT2D eigenvalue weighted by Gasteiger charge is -2.25. The zero-order valence-electron chi connectivity index (χ0n) is 17.0. The monoisotopic (exact) mass is 381 g/mol. The van der Waals surface area contributed by atoms with E-state index in [1.54, 1.807) is 24.3 Å². The van der Waals surface area contributed by atoms with Crippen LogP contribution in [0.5, 0.6) is 0 Å². The number of hydrogen-bond donors (Lipinski definition) is 2. The summed E-state index contributed by atoms with van der Waals surface area (Å²) in [6.07, 6.45) is 0. The van der Waals surface area contributed by atoms with Gasteiger partial charge in [0.25, 0.3) is 0 Å². The molecule has 0 saturated carbocycles. The van der Waals surface area contributed by atoms with E-state index in [1.165, 1.54) is 18.7 Å². The van der Waals surface area contributed by atoms with Gasteiger partial charge >= 0.3 is 0 Å². The van der Waals surface area contributed by atoms with E-state index in [4.69, 9.17) is 0 Å². The maximum atomic E-state index is 12.7. The Morgan fingerprint density at radius 1 is 0.929 bits per heavy atom. The van der Waals surface area contributed by atoms with Gasteiger partial charge in [-0.1, -0.05) is 45.0 Å². The van der Waals surface area contributed by atoms with E-state index in [-0.39, 0.29) is 29.7 Å². The number of carbonyl (C=O) groups excluding carboxylic acids is 3. The van der Waals surface area contributed by atoms with Gasteiger partial charge in [0.05, 0.1) is 0 Å². The number of para-hydroxylation sites is 1. The zero-order chi connectivity index (χ0) is 20.9. The highest BCUT2D eigenvalue weighted by Gasteiger charge is 2.21. The second-order valence-electron chi connectivity index (χ2n) is 7.68. The molecule has 0 bridgehead atoms. The summed E-state index contributed by atoms with van der Waals surface area (Å²) in [6, 6.07) is 14.5. The van der Waals surface area contributed by atoms with Crippen molar-refractivity contribution in [2.24, 2.45) is 0 Å². The SMILES string of the molecule is CC(=O)Nc1cccc(N(CC(=O)Nc2ccccc2C(C)(C)C)C(C)=O)c1. The number of rotatable bonds is 5. The van der Waals surface area contributed by atoms with E-state index in [1.807, 2.05) is 24.3 Å². The van der Waals surface area contributed by atoms with Gasteiger partial charge in [0.1, 0.15) is 6.54 Å². The van der Waals surface area contributed by atoms with Gasteiger partial charge in [-0.2, -0.15) is 0 Å². The summed E-state index contributed by atoms with van der Waals surface area (Å²) in [5.41, 5.74) is 2.73. The molecule has 3 amide bonds. The number of nitrogens with one attached hydrogen (secondary N) is 2. The summed E-state index contributed by atoms with van der Waals surface area (Å²) in [6.45, 7) is 8.92. The molecule has 0 atom stereocenters. The average molecular weight is 381 g/mol. The fourth-order valence-electron chi connectivity index (χ4n) is 2.92. The predicted molar refractivity (Wildman–Crippen MR) is 113 cm³/mol. The van der Waals surface area contributed by atoms with E-state index in [9.17, 15) is 14.4 Å². The molecule has 2 rings (SSSR count). The maximum absolute atomic E-state index is 12.7. The largest absolute Gasteiger partial charge is 0.326 e. The fraction of sp³-hybridized carbons (Fsp3) is 0.318. The van der Waals surface area contributed by atoms with Crippen molar-refractivity contribution in [2.45, 2.75) is 40.0 Å². The van der Waals surface area contributed by atoms with Gasteiger partial charge in [-0.25, -0.2) is 0 Å². The molecule has 28 heavy (non-hydrogen) atoms. The Morgan fingerprint density at radius 3 is 2.21 bits per heavy atom. The Hall–Kier alpha value is -3.15. The van der Waals surface area contributed by atoms with Crippen molar-refractivity contribution in [1.29, 1.82) is 0 Å². The number of amides is 3. The third-order valence-corrected chi connectivity index (χ3v) is 4.17. The van der Waals surface area contributed by atoms with E-state index >= 15 is 0 Å². The first kappa shape index (κ1) is 21.2. The average Bonchev–Trinajstić information content (AvgIpc) is 2.58. The molecule has 6 heteroatoms. The lowest BCUT2D eigenvalue weighted by Crippen LogP contribution is -2.37. The molecular formula is C22H27N3O3. The van der Waals surface area contributed by atoms with E-state index in [2.05, 4.69) is 31.4 Å². The van der Waals surface area contributed by atoms with Crippen LogP contribution < -0.4 is 15.5 Å². The molecule has 0 fully saturated rings. The molecule has 2 N–H and O–H groups in total. The van der Waals surface area contributed by atoms with Crippen LogP contribution in [0.15, 0.2) is 48.5 Å². The van der Waals surface area contributed by atoms with Gasteiger partial charge in [-0.05, 0) is 35.2 Å². The molecule has 2 aromatic rings. The van der Waals surface area contributed by atoms with Crippen LogP contribution in [0.25, 0.3) is 0 Å². The summed E-state index contributed by atoms with van der Waals surface area (Å²) in [7, 11) is 0. The van der Waals surface area contributed by atoms with E-state index in [0.717, 1.165) is 11.3 Å². The van der Waals surface area contributed by atoms with Gasteiger partial charge in [-0.15, -0.1) is 0 Å². The zero-order valence-corrected chi connectivity index (χ0v) is 17.0. The molecule has 0 aliphatic rings. The van der Waals surface area contributed by atoms with Crippen LogP contribution in [0.3, 0.4) is 0 Å². The molecule has 0 saturated heterocycles. The molecule has 0 spiro atoms. The Kier molecular flexibility index (Phi) is 6.57. The highest BCUT2D eigenvalue weighted by Crippen LogP contribution is 2.29. The molecule has 2 aromatic carbocycles. The number of benzene rings is 2. The number of nitrogens with zero attached hydrogens (tertiary/aromatic N) is 1. The lowest BCUT2D eigenvalue weighted by molar-refractivity contribution is -0.120. The first-order valence-electron chi connectivity index (χ1n) is 9.13. The molecule has 0 unspecified atom stereocenters. The molecule has 0 radical (unpaired) electrons. The summed E-state index contributed by atoms with van der Waals surface area (Å²) in [4.78, 5) is 37.5. The minimum Gasteiger partial charge on any atom is -0.326 e. The third kappa shape index (κ3) is 5.67. The molecular weight excluding hydrogens is 354 g/mol. The topological polar surface area (TPSA) is 78.5 Å². The molecule has 148 valence electrons. The molecule has 0 aromatic heterocycles. The van der Waals surface area contributed by atoms with Crippen molar-refractivity contribution in [2.75, 3.05) is 22.1 Å². The van der Waals surface area contributed by atoms with Crippen LogP contribution in [-0.4, -0.2) is 24.3 Å². The van der Waals surface area contributed by atoms with Crippen LogP contribution in [0.2, 0.25) is 0 Å². The number of carbonyl (C=O) groups is 3. The van der Waals surface area contributed by atoms with Gasteiger partial charge in [0.15, 0.2) is 0 Å². The summed E-state index contributed by atoms with van der Waals surface area (Å²) < 4.78 is 0. The highest BCUT2D eigenvalue weighted by atomic mass is 16.2.